The molecule has 1 fully saturated rings. The van der Waals surface area contributed by atoms with Crippen molar-refractivity contribution < 1.29 is 4.79 Å². The number of nitriles is 1. The zero-order valence-electron chi connectivity index (χ0n) is 18.5. The molecule has 2 aromatic rings. The molecular formula is C26H29N3OS. The highest BCUT2D eigenvalue weighted by Crippen LogP contribution is 2.29. The molecule has 0 bridgehead atoms. The number of likely N-dealkylation sites (tertiary alicyclic amines) is 1. The van der Waals surface area contributed by atoms with Crippen molar-refractivity contribution in [1.82, 2.24) is 4.90 Å². The van der Waals surface area contributed by atoms with Crippen LogP contribution in [0.15, 0.2) is 53.2 Å². The van der Waals surface area contributed by atoms with Crippen LogP contribution in [0.25, 0.3) is 6.08 Å². The Morgan fingerprint density at radius 1 is 1.23 bits per heavy atom. The fourth-order valence-electron chi connectivity index (χ4n) is 4.04. The van der Waals surface area contributed by atoms with E-state index in [1.165, 1.54) is 11.1 Å². The monoisotopic (exact) mass is 431 g/mol. The SMILES string of the molecule is C/C=N/C(C)=C/c1cc(C(=O)N2CCC(c3ccc(C#N)cc3)CC2)ccc1CSC. The Morgan fingerprint density at radius 3 is 2.55 bits per heavy atom. The smallest absolute Gasteiger partial charge is 0.253 e. The Balaban J connectivity index is 1.72. The number of carbonyl (C=O) groups is 1. The van der Waals surface area contributed by atoms with Gasteiger partial charge in [-0.15, -0.1) is 0 Å². The fourth-order valence-corrected chi connectivity index (χ4v) is 4.62. The lowest BCUT2D eigenvalue weighted by Crippen LogP contribution is -2.38. The third-order valence-corrected chi connectivity index (χ3v) is 6.28. The Labute approximate surface area is 189 Å². The summed E-state index contributed by atoms with van der Waals surface area (Å²) in [5.74, 6) is 1.44. The summed E-state index contributed by atoms with van der Waals surface area (Å²) in [5, 5.41) is 8.98. The Kier molecular flexibility index (Phi) is 8.08. The van der Waals surface area contributed by atoms with Gasteiger partial charge in [0.15, 0.2) is 0 Å². The van der Waals surface area contributed by atoms with E-state index in [-0.39, 0.29) is 5.91 Å². The van der Waals surface area contributed by atoms with E-state index < -0.39 is 0 Å². The van der Waals surface area contributed by atoms with Crippen molar-refractivity contribution in [1.29, 1.82) is 5.26 Å². The number of carbonyl (C=O) groups excluding carboxylic acids is 1. The number of nitrogens with zero attached hydrogens (tertiary/aromatic N) is 3. The highest BCUT2D eigenvalue weighted by Gasteiger charge is 2.25. The van der Waals surface area contributed by atoms with Crippen molar-refractivity contribution >= 4 is 30.0 Å². The van der Waals surface area contributed by atoms with Crippen LogP contribution >= 0.6 is 11.8 Å². The van der Waals surface area contributed by atoms with E-state index in [9.17, 15) is 4.79 Å². The predicted molar refractivity (Wildman–Crippen MR) is 131 cm³/mol. The van der Waals surface area contributed by atoms with Gasteiger partial charge in [0, 0.05) is 36.3 Å². The van der Waals surface area contributed by atoms with Crippen LogP contribution in [-0.4, -0.2) is 36.4 Å². The quantitative estimate of drug-likeness (QED) is 0.536. The van der Waals surface area contributed by atoms with E-state index in [4.69, 9.17) is 5.26 Å². The third kappa shape index (κ3) is 5.86. The third-order valence-electron chi connectivity index (χ3n) is 5.68. The highest BCUT2D eigenvalue weighted by atomic mass is 32.2. The Hall–Kier alpha value is -2.84. The molecule has 0 aliphatic carbocycles. The lowest BCUT2D eigenvalue weighted by Gasteiger charge is -2.32. The van der Waals surface area contributed by atoms with Gasteiger partial charge in [0.1, 0.15) is 0 Å². The van der Waals surface area contributed by atoms with Crippen LogP contribution in [0.5, 0.6) is 0 Å². The Morgan fingerprint density at radius 2 is 1.94 bits per heavy atom. The van der Waals surface area contributed by atoms with E-state index >= 15 is 0 Å². The van der Waals surface area contributed by atoms with E-state index in [1.54, 1.807) is 18.0 Å². The second-order valence-electron chi connectivity index (χ2n) is 7.82. The molecule has 1 aliphatic rings. The second kappa shape index (κ2) is 11.0. The molecule has 1 aliphatic heterocycles. The first-order valence-electron chi connectivity index (χ1n) is 10.6. The molecule has 4 nitrogen and oxygen atoms in total. The van der Waals surface area contributed by atoms with Gasteiger partial charge in [0.2, 0.25) is 0 Å². The second-order valence-corrected chi connectivity index (χ2v) is 8.69. The number of amides is 1. The van der Waals surface area contributed by atoms with E-state index in [1.807, 2.05) is 55.1 Å². The molecule has 5 heteroatoms. The minimum absolute atomic E-state index is 0.0975. The molecule has 1 heterocycles. The zero-order chi connectivity index (χ0) is 22.2. The summed E-state index contributed by atoms with van der Waals surface area (Å²) in [6, 6.07) is 16.0. The van der Waals surface area contributed by atoms with Gasteiger partial charge in [-0.1, -0.05) is 18.2 Å². The number of aliphatic imine (C=N–C) groups is 1. The molecule has 160 valence electrons. The standard InChI is InChI=1S/C26H29N3OS/c1-4-28-19(2)15-25-16-23(9-10-24(25)18-31-3)26(30)29-13-11-22(12-14-29)21-7-5-20(17-27)6-8-21/h4-10,15-16,22H,11-14,18H2,1-3H3/b19-15+,28-4+. The fraction of sp³-hybridized carbons (Fsp3) is 0.346. The average molecular weight is 432 g/mol. The van der Waals surface area contributed by atoms with E-state index in [2.05, 4.69) is 29.5 Å². The lowest BCUT2D eigenvalue weighted by atomic mass is 9.88. The summed E-state index contributed by atoms with van der Waals surface area (Å²) in [6.45, 7) is 5.38. The summed E-state index contributed by atoms with van der Waals surface area (Å²) in [5.41, 5.74) is 5.89. The summed E-state index contributed by atoms with van der Waals surface area (Å²) in [7, 11) is 0. The lowest BCUT2D eigenvalue weighted by molar-refractivity contribution is 0.0713. The zero-order valence-corrected chi connectivity index (χ0v) is 19.3. The van der Waals surface area contributed by atoms with Gasteiger partial charge in [0.05, 0.1) is 11.6 Å². The van der Waals surface area contributed by atoms with Crippen molar-refractivity contribution in [2.75, 3.05) is 19.3 Å². The molecule has 3 rings (SSSR count). The molecule has 0 atom stereocenters. The number of benzene rings is 2. The molecule has 0 spiro atoms. The molecular weight excluding hydrogens is 402 g/mol. The maximum atomic E-state index is 13.2. The van der Waals surface area contributed by atoms with Gasteiger partial charge in [-0.2, -0.15) is 17.0 Å². The van der Waals surface area contributed by atoms with E-state index in [0.717, 1.165) is 48.5 Å². The molecule has 0 aromatic heterocycles. The molecule has 0 saturated carbocycles. The normalized spacial score (nSPS) is 15.3. The molecule has 1 amide bonds. The van der Waals surface area contributed by atoms with Crippen LogP contribution in [0.1, 0.15) is 65.2 Å². The van der Waals surface area contributed by atoms with Crippen LogP contribution < -0.4 is 0 Å². The molecule has 0 N–H and O–H groups in total. The summed E-state index contributed by atoms with van der Waals surface area (Å²) in [6.07, 6.45) is 7.81. The van der Waals surface area contributed by atoms with Crippen LogP contribution in [-0.2, 0) is 5.75 Å². The molecule has 2 aromatic carbocycles. The van der Waals surface area contributed by atoms with Crippen LogP contribution in [0.3, 0.4) is 0 Å². The maximum Gasteiger partial charge on any atom is 0.253 e. The summed E-state index contributed by atoms with van der Waals surface area (Å²) < 4.78 is 0. The van der Waals surface area contributed by atoms with Crippen molar-refractivity contribution in [3.8, 4) is 6.07 Å². The average Bonchev–Trinajstić information content (AvgIpc) is 2.80. The first-order valence-corrected chi connectivity index (χ1v) is 12.0. The van der Waals surface area contributed by atoms with E-state index in [0.29, 0.717) is 11.5 Å². The molecule has 0 unspecified atom stereocenters. The topological polar surface area (TPSA) is 56.5 Å². The first-order chi connectivity index (χ1) is 15.0. The van der Waals surface area contributed by atoms with Gasteiger partial charge >= 0.3 is 0 Å². The molecule has 0 radical (unpaired) electrons. The van der Waals surface area contributed by atoms with Crippen LogP contribution in [0.2, 0.25) is 0 Å². The van der Waals surface area contributed by atoms with Crippen molar-refractivity contribution in [2.45, 2.75) is 38.4 Å². The number of hydrogen-bond acceptors (Lipinski definition) is 4. The highest BCUT2D eigenvalue weighted by molar-refractivity contribution is 7.97. The maximum absolute atomic E-state index is 13.2. The minimum Gasteiger partial charge on any atom is -0.339 e. The first kappa shape index (κ1) is 22.8. The number of thioether (sulfide) groups is 1. The number of rotatable bonds is 6. The van der Waals surface area contributed by atoms with Crippen LogP contribution in [0, 0.1) is 11.3 Å². The molecule has 1 saturated heterocycles. The van der Waals surface area contributed by atoms with Crippen LogP contribution in [0.4, 0.5) is 0 Å². The van der Waals surface area contributed by atoms with Gasteiger partial charge in [-0.05, 0) is 85.9 Å². The van der Waals surface area contributed by atoms with Crippen molar-refractivity contribution in [2.24, 2.45) is 4.99 Å². The number of piperidine rings is 1. The van der Waals surface area contributed by atoms with Gasteiger partial charge in [-0.25, -0.2) is 0 Å². The Bertz CT molecular complexity index is 1010. The summed E-state index contributed by atoms with van der Waals surface area (Å²) in [4.78, 5) is 19.5. The van der Waals surface area contributed by atoms with Gasteiger partial charge in [0.25, 0.3) is 5.91 Å². The number of hydrogen-bond donors (Lipinski definition) is 0. The molecule has 31 heavy (non-hydrogen) atoms. The van der Waals surface area contributed by atoms with Gasteiger partial charge < -0.3 is 4.90 Å². The largest absolute Gasteiger partial charge is 0.339 e. The van der Waals surface area contributed by atoms with Gasteiger partial charge in [-0.3, -0.25) is 9.79 Å². The number of allylic oxidation sites excluding steroid dienone is 1. The van der Waals surface area contributed by atoms with Crippen molar-refractivity contribution in [3.63, 3.8) is 0 Å². The van der Waals surface area contributed by atoms with Crippen molar-refractivity contribution in [3.05, 3.63) is 76.0 Å². The minimum atomic E-state index is 0.0975. The predicted octanol–water partition coefficient (Wildman–Crippen LogP) is 5.89. The summed E-state index contributed by atoms with van der Waals surface area (Å²) >= 11 is 1.77.